The Kier molecular flexibility index (Phi) is 7.39. The molecule has 2 aromatic carbocycles. The van der Waals surface area contributed by atoms with Gasteiger partial charge in [-0.15, -0.1) is 10.2 Å². The first-order valence-electron chi connectivity index (χ1n) is 10.6. The number of anilines is 1. The summed E-state index contributed by atoms with van der Waals surface area (Å²) in [6, 6.07) is 13.4. The van der Waals surface area contributed by atoms with E-state index in [0.29, 0.717) is 29.8 Å². The van der Waals surface area contributed by atoms with Gasteiger partial charge in [0.25, 0.3) is 0 Å². The van der Waals surface area contributed by atoms with Gasteiger partial charge in [-0.1, -0.05) is 11.8 Å². The summed E-state index contributed by atoms with van der Waals surface area (Å²) in [5, 5.41) is 12.1. The number of hydrogen-bond acceptors (Lipinski definition) is 6. The molecule has 32 heavy (non-hydrogen) atoms. The Hall–Kier alpha value is -2.91. The number of aromatic nitrogens is 3. The van der Waals surface area contributed by atoms with Crippen molar-refractivity contribution in [1.29, 1.82) is 0 Å². The van der Waals surface area contributed by atoms with Gasteiger partial charge >= 0.3 is 0 Å². The first-order chi connectivity index (χ1) is 15.6. The van der Waals surface area contributed by atoms with E-state index in [1.54, 1.807) is 24.3 Å². The summed E-state index contributed by atoms with van der Waals surface area (Å²) >= 11 is 1.31. The summed E-state index contributed by atoms with van der Waals surface area (Å²) in [6.45, 7) is 3.84. The molecule has 0 radical (unpaired) electrons. The van der Waals surface area contributed by atoms with Crippen LogP contribution in [0.1, 0.15) is 19.8 Å². The van der Waals surface area contributed by atoms with E-state index < -0.39 is 0 Å². The SMILES string of the molecule is CCOc1ccc(NC(=O)CSc2nnc(-c3ccc(F)cc3)n2C[C@H]2CCCO2)cc1. The molecule has 0 spiro atoms. The zero-order chi connectivity index (χ0) is 22.3. The minimum absolute atomic E-state index is 0.0715. The smallest absolute Gasteiger partial charge is 0.234 e. The second-order valence-electron chi connectivity index (χ2n) is 7.35. The van der Waals surface area contributed by atoms with Crippen LogP contribution in [0, 0.1) is 5.82 Å². The zero-order valence-electron chi connectivity index (χ0n) is 17.8. The van der Waals surface area contributed by atoms with Gasteiger partial charge in [0.05, 0.1) is 25.0 Å². The van der Waals surface area contributed by atoms with Crippen molar-refractivity contribution in [1.82, 2.24) is 14.8 Å². The molecule has 1 atom stereocenters. The first kappa shape index (κ1) is 22.3. The molecule has 1 aromatic heterocycles. The van der Waals surface area contributed by atoms with Gasteiger partial charge in [0.1, 0.15) is 11.6 Å². The van der Waals surface area contributed by atoms with Gasteiger partial charge in [-0.05, 0) is 68.3 Å². The monoisotopic (exact) mass is 456 g/mol. The summed E-state index contributed by atoms with van der Waals surface area (Å²) < 4.78 is 26.5. The number of benzene rings is 2. The molecule has 0 unspecified atom stereocenters. The van der Waals surface area contributed by atoms with Crippen molar-refractivity contribution >= 4 is 23.4 Å². The number of ether oxygens (including phenoxy) is 2. The molecule has 2 heterocycles. The van der Waals surface area contributed by atoms with Gasteiger partial charge in [0, 0.05) is 17.9 Å². The summed E-state index contributed by atoms with van der Waals surface area (Å²) in [4.78, 5) is 12.5. The number of nitrogens with zero attached hydrogens (tertiary/aromatic N) is 3. The lowest BCUT2D eigenvalue weighted by molar-refractivity contribution is -0.113. The molecule has 1 fully saturated rings. The predicted octanol–water partition coefficient (Wildman–Crippen LogP) is 4.39. The third kappa shape index (κ3) is 5.66. The van der Waals surface area contributed by atoms with Crippen molar-refractivity contribution in [3.05, 3.63) is 54.3 Å². The van der Waals surface area contributed by atoms with Crippen molar-refractivity contribution in [3.63, 3.8) is 0 Å². The first-order valence-corrected chi connectivity index (χ1v) is 11.6. The number of rotatable bonds is 9. The van der Waals surface area contributed by atoms with Crippen LogP contribution < -0.4 is 10.1 Å². The Labute approximate surface area is 190 Å². The van der Waals surface area contributed by atoms with E-state index in [4.69, 9.17) is 9.47 Å². The highest BCUT2D eigenvalue weighted by molar-refractivity contribution is 7.99. The van der Waals surface area contributed by atoms with E-state index in [-0.39, 0.29) is 23.6 Å². The highest BCUT2D eigenvalue weighted by atomic mass is 32.2. The van der Waals surface area contributed by atoms with E-state index in [9.17, 15) is 9.18 Å². The maximum absolute atomic E-state index is 13.4. The van der Waals surface area contributed by atoms with Crippen molar-refractivity contribution in [2.24, 2.45) is 0 Å². The van der Waals surface area contributed by atoms with E-state index in [1.807, 2.05) is 23.6 Å². The van der Waals surface area contributed by atoms with Crippen molar-refractivity contribution in [3.8, 4) is 17.1 Å². The number of thioether (sulfide) groups is 1. The molecule has 168 valence electrons. The number of nitrogens with one attached hydrogen (secondary N) is 1. The largest absolute Gasteiger partial charge is 0.494 e. The fourth-order valence-electron chi connectivity index (χ4n) is 3.49. The molecule has 4 rings (SSSR count). The molecule has 0 saturated carbocycles. The van der Waals surface area contributed by atoms with E-state index >= 15 is 0 Å². The topological polar surface area (TPSA) is 78.3 Å². The van der Waals surface area contributed by atoms with Crippen molar-refractivity contribution in [2.75, 3.05) is 24.3 Å². The Balaban J connectivity index is 1.44. The zero-order valence-corrected chi connectivity index (χ0v) is 18.6. The van der Waals surface area contributed by atoms with Crippen molar-refractivity contribution in [2.45, 2.75) is 37.6 Å². The molecule has 1 aliphatic heterocycles. The highest BCUT2D eigenvalue weighted by Crippen LogP contribution is 2.27. The van der Waals surface area contributed by atoms with Crippen LogP contribution in [0.25, 0.3) is 11.4 Å². The molecule has 1 amide bonds. The minimum atomic E-state index is -0.306. The second-order valence-corrected chi connectivity index (χ2v) is 8.30. The maximum atomic E-state index is 13.4. The maximum Gasteiger partial charge on any atom is 0.234 e. The molecule has 0 bridgehead atoms. The van der Waals surface area contributed by atoms with Gasteiger partial charge in [0.15, 0.2) is 11.0 Å². The van der Waals surface area contributed by atoms with Gasteiger partial charge in [-0.2, -0.15) is 0 Å². The number of amides is 1. The highest BCUT2D eigenvalue weighted by Gasteiger charge is 2.22. The summed E-state index contributed by atoms with van der Waals surface area (Å²) in [5.74, 6) is 1.12. The van der Waals surface area contributed by atoms with Crippen LogP contribution in [0.4, 0.5) is 10.1 Å². The second kappa shape index (κ2) is 10.6. The standard InChI is InChI=1S/C23H25FN4O3S/c1-2-30-19-11-9-18(10-12-19)25-21(29)15-32-23-27-26-22(16-5-7-17(24)8-6-16)28(23)14-20-4-3-13-31-20/h5-12,20H,2-4,13-15H2,1H3,(H,25,29)/t20-/m1/s1. The summed E-state index contributed by atoms with van der Waals surface area (Å²) in [6.07, 6.45) is 2.05. The lowest BCUT2D eigenvalue weighted by Crippen LogP contribution is -2.18. The molecule has 9 heteroatoms. The van der Waals surface area contributed by atoms with Crippen LogP contribution in [0.2, 0.25) is 0 Å². The van der Waals surface area contributed by atoms with Crippen LogP contribution in [0.3, 0.4) is 0 Å². The lowest BCUT2D eigenvalue weighted by atomic mass is 10.2. The Bertz CT molecular complexity index is 1030. The Morgan fingerprint density at radius 2 is 2.00 bits per heavy atom. The molecule has 7 nitrogen and oxygen atoms in total. The summed E-state index contributed by atoms with van der Waals surface area (Å²) in [7, 11) is 0. The lowest BCUT2D eigenvalue weighted by Gasteiger charge is -2.14. The summed E-state index contributed by atoms with van der Waals surface area (Å²) in [5.41, 5.74) is 1.47. The molecule has 1 saturated heterocycles. The fourth-order valence-corrected chi connectivity index (χ4v) is 4.24. The Morgan fingerprint density at radius 1 is 1.22 bits per heavy atom. The molecule has 1 aliphatic rings. The molecule has 1 N–H and O–H groups in total. The van der Waals surface area contributed by atoms with E-state index in [2.05, 4.69) is 15.5 Å². The van der Waals surface area contributed by atoms with Gasteiger partial charge < -0.3 is 14.8 Å². The van der Waals surface area contributed by atoms with Crippen LogP contribution in [0.15, 0.2) is 53.7 Å². The van der Waals surface area contributed by atoms with Crippen LogP contribution >= 0.6 is 11.8 Å². The number of carbonyl (C=O) groups is 1. The number of halogens is 1. The third-order valence-corrected chi connectivity index (χ3v) is 5.98. The van der Waals surface area contributed by atoms with Crippen LogP contribution in [0.5, 0.6) is 5.75 Å². The van der Waals surface area contributed by atoms with Crippen LogP contribution in [-0.4, -0.2) is 45.7 Å². The van der Waals surface area contributed by atoms with Crippen LogP contribution in [-0.2, 0) is 16.1 Å². The number of hydrogen-bond donors (Lipinski definition) is 1. The Morgan fingerprint density at radius 3 is 2.69 bits per heavy atom. The minimum Gasteiger partial charge on any atom is -0.494 e. The van der Waals surface area contributed by atoms with Crippen molar-refractivity contribution < 1.29 is 18.7 Å². The predicted molar refractivity (Wildman–Crippen MR) is 121 cm³/mol. The molecular weight excluding hydrogens is 431 g/mol. The van der Waals surface area contributed by atoms with Gasteiger partial charge in [-0.3, -0.25) is 9.36 Å². The van der Waals surface area contributed by atoms with Gasteiger partial charge in [-0.25, -0.2) is 4.39 Å². The van der Waals surface area contributed by atoms with Gasteiger partial charge in [0.2, 0.25) is 5.91 Å². The molecule has 3 aromatic rings. The molecule has 0 aliphatic carbocycles. The number of carbonyl (C=O) groups excluding carboxylic acids is 1. The quantitative estimate of drug-likeness (QED) is 0.481. The van der Waals surface area contributed by atoms with E-state index in [0.717, 1.165) is 30.8 Å². The fraction of sp³-hybridized carbons (Fsp3) is 0.348. The molecular formula is C23H25FN4O3S. The average Bonchev–Trinajstić information content (AvgIpc) is 3.45. The average molecular weight is 457 g/mol. The normalized spacial score (nSPS) is 15.6. The van der Waals surface area contributed by atoms with E-state index in [1.165, 1.54) is 23.9 Å². The third-order valence-electron chi connectivity index (χ3n) is 5.01.